The Balaban J connectivity index is 1.99. The number of aryl methyl sites for hydroxylation is 1. The second-order valence-electron chi connectivity index (χ2n) is 5.94. The normalized spacial score (nSPS) is 10.8. The molecule has 0 saturated heterocycles. The SMILES string of the molecule is Cc1ccccc1-n1ncc(-c2cc(N)ncn2)c1-c1ccc(Cl)cc1. The van der Waals surface area contributed by atoms with Gasteiger partial charge in [-0.2, -0.15) is 5.10 Å². The van der Waals surface area contributed by atoms with Crippen molar-refractivity contribution in [2.24, 2.45) is 0 Å². The fourth-order valence-corrected chi connectivity index (χ4v) is 3.05. The molecule has 0 fully saturated rings. The van der Waals surface area contributed by atoms with Crippen molar-refractivity contribution in [2.75, 3.05) is 5.73 Å². The van der Waals surface area contributed by atoms with Crippen molar-refractivity contribution in [1.29, 1.82) is 0 Å². The monoisotopic (exact) mass is 361 g/mol. The molecule has 0 spiro atoms. The Kier molecular flexibility index (Phi) is 4.14. The highest BCUT2D eigenvalue weighted by molar-refractivity contribution is 6.30. The van der Waals surface area contributed by atoms with Crippen molar-refractivity contribution in [3.8, 4) is 28.2 Å². The molecule has 0 atom stereocenters. The number of halogens is 1. The van der Waals surface area contributed by atoms with E-state index in [0.29, 0.717) is 10.8 Å². The van der Waals surface area contributed by atoms with Crippen molar-refractivity contribution >= 4 is 17.4 Å². The number of hydrogen-bond donors (Lipinski definition) is 1. The van der Waals surface area contributed by atoms with E-state index in [1.165, 1.54) is 6.33 Å². The number of nitrogens with zero attached hydrogens (tertiary/aromatic N) is 4. The molecule has 4 rings (SSSR count). The first-order valence-corrected chi connectivity index (χ1v) is 8.49. The summed E-state index contributed by atoms with van der Waals surface area (Å²) in [4.78, 5) is 8.35. The predicted octanol–water partition coefficient (Wildman–Crippen LogP) is 4.54. The Morgan fingerprint density at radius 1 is 1.00 bits per heavy atom. The Bertz CT molecular complexity index is 1070. The van der Waals surface area contributed by atoms with Crippen molar-refractivity contribution in [1.82, 2.24) is 19.7 Å². The van der Waals surface area contributed by atoms with Gasteiger partial charge >= 0.3 is 0 Å². The fourth-order valence-electron chi connectivity index (χ4n) is 2.92. The van der Waals surface area contributed by atoms with Crippen LogP contribution < -0.4 is 5.73 Å². The van der Waals surface area contributed by atoms with E-state index in [4.69, 9.17) is 17.3 Å². The van der Waals surface area contributed by atoms with Crippen LogP contribution in [0.3, 0.4) is 0 Å². The van der Waals surface area contributed by atoms with Gasteiger partial charge in [0.1, 0.15) is 12.1 Å². The first kappa shape index (κ1) is 16.3. The van der Waals surface area contributed by atoms with Crippen LogP contribution in [0.25, 0.3) is 28.2 Å². The summed E-state index contributed by atoms with van der Waals surface area (Å²) >= 11 is 6.07. The van der Waals surface area contributed by atoms with Gasteiger partial charge in [-0.1, -0.05) is 41.9 Å². The third-order valence-electron chi connectivity index (χ3n) is 4.19. The van der Waals surface area contributed by atoms with Gasteiger partial charge in [0.15, 0.2) is 0 Å². The van der Waals surface area contributed by atoms with Gasteiger partial charge in [0, 0.05) is 22.2 Å². The Morgan fingerprint density at radius 2 is 1.77 bits per heavy atom. The Hall–Kier alpha value is -3.18. The van der Waals surface area contributed by atoms with E-state index in [0.717, 1.165) is 33.8 Å². The van der Waals surface area contributed by atoms with Crippen LogP contribution in [0.5, 0.6) is 0 Å². The molecule has 0 aliphatic carbocycles. The smallest absolute Gasteiger partial charge is 0.127 e. The Labute approximate surface area is 156 Å². The van der Waals surface area contributed by atoms with E-state index in [1.807, 2.05) is 47.1 Å². The molecule has 5 nitrogen and oxygen atoms in total. The van der Waals surface area contributed by atoms with E-state index >= 15 is 0 Å². The molecule has 0 unspecified atom stereocenters. The summed E-state index contributed by atoms with van der Waals surface area (Å²) in [6.45, 7) is 2.06. The molecule has 4 aromatic rings. The summed E-state index contributed by atoms with van der Waals surface area (Å²) in [5, 5.41) is 5.32. The van der Waals surface area contributed by atoms with Crippen LogP contribution in [0.2, 0.25) is 5.02 Å². The highest BCUT2D eigenvalue weighted by Gasteiger charge is 2.18. The average molecular weight is 362 g/mol. The molecule has 2 aromatic heterocycles. The maximum atomic E-state index is 6.07. The predicted molar refractivity (Wildman–Crippen MR) is 104 cm³/mol. The van der Waals surface area contributed by atoms with E-state index in [1.54, 1.807) is 12.3 Å². The minimum absolute atomic E-state index is 0.417. The molecule has 2 aromatic carbocycles. The van der Waals surface area contributed by atoms with E-state index < -0.39 is 0 Å². The standard InChI is InChI=1S/C20H16ClN5/c1-13-4-2-3-5-18(13)26-20(14-6-8-15(21)9-7-14)16(11-25-26)17-10-19(22)24-12-23-17/h2-12H,1H3,(H2,22,23,24). The molecular formula is C20H16ClN5. The minimum atomic E-state index is 0.417. The number of hydrogen-bond acceptors (Lipinski definition) is 4. The molecule has 0 radical (unpaired) electrons. The molecule has 2 heterocycles. The quantitative estimate of drug-likeness (QED) is 0.581. The van der Waals surface area contributed by atoms with Crippen molar-refractivity contribution in [3.63, 3.8) is 0 Å². The van der Waals surface area contributed by atoms with Crippen molar-refractivity contribution in [3.05, 3.63) is 77.7 Å². The number of nitrogen functional groups attached to an aromatic ring is 1. The van der Waals surface area contributed by atoms with Crippen molar-refractivity contribution in [2.45, 2.75) is 6.92 Å². The number of rotatable bonds is 3. The fraction of sp³-hybridized carbons (Fsp3) is 0.0500. The van der Waals surface area contributed by atoms with Gasteiger partial charge in [0.2, 0.25) is 0 Å². The van der Waals surface area contributed by atoms with E-state index in [2.05, 4.69) is 28.1 Å². The van der Waals surface area contributed by atoms with E-state index in [9.17, 15) is 0 Å². The summed E-state index contributed by atoms with van der Waals surface area (Å²) in [5.41, 5.74) is 11.5. The first-order valence-electron chi connectivity index (χ1n) is 8.11. The summed E-state index contributed by atoms with van der Waals surface area (Å²) in [5.74, 6) is 0.417. The maximum Gasteiger partial charge on any atom is 0.127 e. The summed E-state index contributed by atoms with van der Waals surface area (Å²) in [7, 11) is 0. The Morgan fingerprint density at radius 3 is 2.50 bits per heavy atom. The highest BCUT2D eigenvalue weighted by Crippen LogP contribution is 2.34. The largest absolute Gasteiger partial charge is 0.384 e. The molecule has 0 aliphatic rings. The second-order valence-corrected chi connectivity index (χ2v) is 6.38. The summed E-state index contributed by atoms with van der Waals surface area (Å²) in [6.07, 6.45) is 3.26. The molecule has 2 N–H and O–H groups in total. The average Bonchev–Trinajstić information content (AvgIpc) is 3.07. The van der Waals surface area contributed by atoms with Gasteiger partial charge < -0.3 is 5.73 Å². The van der Waals surface area contributed by atoms with E-state index in [-0.39, 0.29) is 0 Å². The lowest BCUT2D eigenvalue weighted by Gasteiger charge is -2.12. The van der Waals surface area contributed by atoms with Crippen LogP contribution in [0.4, 0.5) is 5.82 Å². The van der Waals surface area contributed by atoms with Gasteiger partial charge in [0.25, 0.3) is 0 Å². The van der Waals surface area contributed by atoms with Gasteiger partial charge in [-0.25, -0.2) is 14.6 Å². The van der Waals surface area contributed by atoms with Crippen molar-refractivity contribution < 1.29 is 0 Å². The molecule has 0 saturated carbocycles. The molecule has 26 heavy (non-hydrogen) atoms. The zero-order chi connectivity index (χ0) is 18.1. The maximum absolute atomic E-state index is 6.07. The number of aromatic nitrogens is 4. The second kappa shape index (κ2) is 6.61. The lowest BCUT2D eigenvalue weighted by Crippen LogP contribution is -2.02. The zero-order valence-electron chi connectivity index (χ0n) is 14.1. The third kappa shape index (κ3) is 2.93. The molecule has 0 aliphatic heterocycles. The highest BCUT2D eigenvalue weighted by atomic mass is 35.5. The van der Waals surface area contributed by atoms with Crippen LogP contribution in [-0.2, 0) is 0 Å². The van der Waals surface area contributed by atoms with Gasteiger partial charge in [-0.3, -0.25) is 0 Å². The number of para-hydroxylation sites is 1. The van der Waals surface area contributed by atoms with Crippen LogP contribution in [0.1, 0.15) is 5.56 Å². The summed E-state index contributed by atoms with van der Waals surface area (Å²) in [6, 6.07) is 17.5. The topological polar surface area (TPSA) is 69.6 Å². The minimum Gasteiger partial charge on any atom is -0.384 e. The molecular weight excluding hydrogens is 346 g/mol. The molecule has 128 valence electrons. The lowest BCUT2D eigenvalue weighted by atomic mass is 10.0. The molecule has 0 bridgehead atoms. The number of nitrogens with two attached hydrogens (primary N) is 1. The van der Waals surface area contributed by atoms with Crippen LogP contribution in [0.15, 0.2) is 67.1 Å². The first-order chi connectivity index (χ1) is 12.6. The van der Waals surface area contributed by atoms with Gasteiger partial charge in [-0.15, -0.1) is 0 Å². The van der Waals surface area contributed by atoms with Crippen LogP contribution in [0, 0.1) is 6.92 Å². The molecule has 0 amide bonds. The zero-order valence-corrected chi connectivity index (χ0v) is 14.9. The van der Waals surface area contributed by atoms with Gasteiger partial charge in [-0.05, 0) is 30.7 Å². The number of benzene rings is 2. The third-order valence-corrected chi connectivity index (χ3v) is 4.45. The number of anilines is 1. The van der Waals surface area contributed by atoms with Gasteiger partial charge in [0.05, 0.1) is 23.3 Å². The van der Waals surface area contributed by atoms with Crippen LogP contribution in [-0.4, -0.2) is 19.7 Å². The molecule has 6 heteroatoms. The lowest BCUT2D eigenvalue weighted by molar-refractivity contribution is 0.880. The summed E-state index contributed by atoms with van der Waals surface area (Å²) < 4.78 is 1.92. The van der Waals surface area contributed by atoms with Crippen LogP contribution >= 0.6 is 11.6 Å².